The van der Waals surface area contributed by atoms with E-state index in [1.807, 2.05) is 36.5 Å². The van der Waals surface area contributed by atoms with Gasteiger partial charge in [-0.15, -0.1) is 0 Å². The maximum atomic E-state index is 12.1. The number of nitriles is 1. The van der Waals surface area contributed by atoms with E-state index in [9.17, 15) is 4.79 Å². The van der Waals surface area contributed by atoms with Gasteiger partial charge in [0, 0.05) is 28.4 Å². The van der Waals surface area contributed by atoms with Gasteiger partial charge in [0.05, 0.1) is 11.6 Å². The van der Waals surface area contributed by atoms with Crippen LogP contribution in [-0.2, 0) is 0 Å². The fourth-order valence-electron chi connectivity index (χ4n) is 2.03. The van der Waals surface area contributed by atoms with Crippen LogP contribution in [0.2, 0.25) is 0 Å². The van der Waals surface area contributed by atoms with E-state index < -0.39 is 0 Å². The van der Waals surface area contributed by atoms with Crippen LogP contribution >= 0.6 is 0 Å². The first-order valence-electron chi connectivity index (χ1n) is 6.15. The first-order valence-corrected chi connectivity index (χ1v) is 6.15. The number of rotatable bonds is 2. The number of nitrogens with zero attached hydrogens (tertiary/aromatic N) is 1. The van der Waals surface area contributed by atoms with Crippen molar-refractivity contribution in [2.75, 3.05) is 5.32 Å². The average molecular weight is 261 g/mol. The lowest BCUT2D eigenvalue weighted by Gasteiger charge is -2.05. The van der Waals surface area contributed by atoms with Gasteiger partial charge in [0.15, 0.2) is 0 Å². The number of aromatic nitrogens is 1. The van der Waals surface area contributed by atoms with E-state index in [2.05, 4.69) is 10.3 Å². The molecule has 0 spiro atoms. The van der Waals surface area contributed by atoms with E-state index in [4.69, 9.17) is 5.26 Å². The monoisotopic (exact) mass is 261 g/mol. The van der Waals surface area contributed by atoms with Gasteiger partial charge in [0.2, 0.25) is 0 Å². The minimum Gasteiger partial charge on any atom is -0.361 e. The van der Waals surface area contributed by atoms with Crippen molar-refractivity contribution in [2.24, 2.45) is 0 Å². The number of hydrogen-bond donors (Lipinski definition) is 2. The highest BCUT2D eigenvalue weighted by molar-refractivity contribution is 6.05. The van der Waals surface area contributed by atoms with Crippen molar-refractivity contribution in [3.8, 4) is 6.07 Å². The Morgan fingerprint density at radius 1 is 1.10 bits per heavy atom. The minimum atomic E-state index is -0.190. The van der Waals surface area contributed by atoms with E-state index >= 15 is 0 Å². The van der Waals surface area contributed by atoms with Crippen molar-refractivity contribution >= 4 is 22.5 Å². The van der Waals surface area contributed by atoms with E-state index in [1.54, 1.807) is 24.3 Å². The molecule has 0 unspecified atom stereocenters. The summed E-state index contributed by atoms with van der Waals surface area (Å²) in [6.45, 7) is 0. The molecule has 0 radical (unpaired) electrons. The molecule has 4 heteroatoms. The first kappa shape index (κ1) is 12.0. The second-order valence-corrected chi connectivity index (χ2v) is 4.42. The Hall–Kier alpha value is -3.06. The van der Waals surface area contributed by atoms with Crippen LogP contribution in [0.25, 0.3) is 10.9 Å². The molecule has 1 aromatic heterocycles. The van der Waals surface area contributed by atoms with E-state index in [-0.39, 0.29) is 5.91 Å². The molecule has 1 heterocycles. The number of H-pyrrole nitrogens is 1. The molecule has 0 aliphatic carbocycles. The summed E-state index contributed by atoms with van der Waals surface area (Å²) >= 11 is 0. The Morgan fingerprint density at radius 2 is 1.90 bits per heavy atom. The lowest BCUT2D eigenvalue weighted by atomic mass is 10.1. The van der Waals surface area contributed by atoms with Gasteiger partial charge < -0.3 is 10.3 Å². The molecule has 1 amide bonds. The lowest BCUT2D eigenvalue weighted by molar-refractivity contribution is 0.102. The van der Waals surface area contributed by atoms with Crippen LogP contribution in [-0.4, -0.2) is 10.9 Å². The number of anilines is 1. The molecule has 96 valence electrons. The van der Waals surface area contributed by atoms with Crippen molar-refractivity contribution in [2.45, 2.75) is 0 Å². The highest BCUT2D eigenvalue weighted by atomic mass is 16.1. The second kappa shape index (κ2) is 4.90. The summed E-state index contributed by atoms with van der Waals surface area (Å²) in [6, 6.07) is 16.2. The molecule has 3 rings (SSSR count). The predicted molar refractivity (Wildman–Crippen MR) is 77.4 cm³/mol. The zero-order chi connectivity index (χ0) is 13.9. The topological polar surface area (TPSA) is 68.7 Å². The molecule has 0 saturated heterocycles. The molecule has 3 aromatic rings. The van der Waals surface area contributed by atoms with Gasteiger partial charge in [-0.05, 0) is 48.5 Å². The van der Waals surface area contributed by atoms with Crippen LogP contribution in [0.1, 0.15) is 15.9 Å². The summed E-state index contributed by atoms with van der Waals surface area (Å²) in [5, 5.41) is 12.6. The Bertz CT molecular complexity index is 810. The predicted octanol–water partition coefficient (Wildman–Crippen LogP) is 3.29. The van der Waals surface area contributed by atoms with Gasteiger partial charge in [0.25, 0.3) is 5.91 Å². The summed E-state index contributed by atoms with van der Waals surface area (Å²) in [5.74, 6) is -0.190. The Kier molecular flexibility index (Phi) is 2.94. The normalized spacial score (nSPS) is 10.2. The molecule has 0 aliphatic rings. The number of carbonyl (C=O) groups is 1. The van der Waals surface area contributed by atoms with E-state index in [1.165, 1.54) is 0 Å². The summed E-state index contributed by atoms with van der Waals surface area (Å²) in [7, 11) is 0. The number of fused-ring (bicyclic) bond motifs is 1. The van der Waals surface area contributed by atoms with Crippen molar-refractivity contribution in [1.82, 2.24) is 4.98 Å². The first-order chi connectivity index (χ1) is 9.76. The molecular weight excluding hydrogens is 250 g/mol. The highest BCUT2D eigenvalue weighted by Crippen LogP contribution is 2.18. The number of amides is 1. The highest BCUT2D eigenvalue weighted by Gasteiger charge is 2.06. The molecular formula is C16H11N3O. The fraction of sp³-hybridized carbons (Fsp3) is 0. The van der Waals surface area contributed by atoms with Crippen molar-refractivity contribution in [3.05, 3.63) is 65.9 Å². The van der Waals surface area contributed by atoms with E-state index in [0.717, 1.165) is 16.6 Å². The van der Waals surface area contributed by atoms with Gasteiger partial charge in [-0.2, -0.15) is 5.26 Å². The largest absolute Gasteiger partial charge is 0.361 e. The van der Waals surface area contributed by atoms with Crippen molar-refractivity contribution < 1.29 is 4.79 Å². The van der Waals surface area contributed by atoms with Gasteiger partial charge in [-0.1, -0.05) is 0 Å². The number of aromatic amines is 1. The molecule has 2 aromatic carbocycles. The standard InChI is InChI=1S/C16H11N3O/c17-10-11-1-3-12(4-2-11)16(20)19-14-5-6-15-13(9-14)7-8-18-15/h1-9,18H,(H,19,20). The molecule has 0 fully saturated rings. The van der Waals surface area contributed by atoms with E-state index in [0.29, 0.717) is 11.1 Å². The van der Waals surface area contributed by atoms with Crippen LogP contribution in [0.3, 0.4) is 0 Å². The maximum Gasteiger partial charge on any atom is 0.255 e. The Morgan fingerprint density at radius 3 is 2.65 bits per heavy atom. The third-order valence-corrected chi connectivity index (χ3v) is 3.09. The third kappa shape index (κ3) is 2.25. The number of benzene rings is 2. The lowest BCUT2D eigenvalue weighted by Crippen LogP contribution is -2.11. The molecule has 0 saturated carbocycles. The molecule has 4 nitrogen and oxygen atoms in total. The van der Waals surface area contributed by atoms with Crippen molar-refractivity contribution in [3.63, 3.8) is 0 Å². The molecule has 2 N–H and O–H groups in total. The Labute approximate surface area is 115 Å². The summed E-state index contributed by atoms with van der Waals surface area (Å²) < 4.78 is 0. The van der Waals surface area contributed by atoms with Gasteiger partial charge in [-0.3, -0.25) is 4.79 Å². The zero-order valence-corrected chi connectivity index (χ0v) is 10.6. The zero-order valence-electron chi connectivity index (χ0n) is 10.6. The quantitative estimate of drug-likeness (QED) is 0.743. The van der Waals surface area contributed by atoms with Gasteiger partial charge in [-0.25, -0.2) is 0 Å². The third-order valence-electron chi connectivity index (χ3n) is 3.09. The average Bonchev–Trinajstić information content (AvgIpc) is 2.95. The number of hydrogen-bond acceptors (Lipinski definition) is 2. The summed E-state index contributed by atoms with van der Waals surface area (Å²) in [4.78, 5) is 15.2. The van der Waals surface area contributed by atoms with Crippen LogP contribution in [0, 0.1) is 11.3 Å². The molecule has 20 heavy (non-hydrogen) atoms. The van der Waals surface area contributed by atoms with Crippen LogP contribution < -0.4 is 5.32 Å². The summed E-state index contributed by atoms with van der Waals surface area (Å²) in [5.41, 5.74) is 2.83. The second-order valence-electron chi connectivity index (χ2n) is 4.42. The SMILES string of the molecule is N#Cc1ccc(C(=O)Nc2ccc3[nH]ccc3c2)cc1. The van der Waals surface area contributed by atoms with Gasteiger partial charge in [0.1, 0.15) is 0 Å². The Balaban J connectivity index is 1.82. The van der Waals surface area contributed by atoms with Crippen molar-refractivity contribution in [1.29, 1.82) is 5.26 Å². The van der Waals surface area contributed by atoms with Crippen LogP contribution in [0.5, 0.6) is 0 Å². The minimum absolute atomic E-state index is 0.190. The van der Waals surface area contributed by atoms with Gasteiger partial charge >= 0.3 is 0 Å². The smallest absolute Gasteiger partial charge is 0.255 e. The van der Waals surface area contributed by atoms with Crippen LogP contribution in [0.15, 0.2) is 54.7 Å². The van der Waals surface area contributed by atoms with Crippen LogP contribution in [0.4, 0.5) is 5.69 Å². The number of nitrogens with one attached hydrogen (secondary N) is 2. The molecule has 0 bridgehead atoms. The fourth-order valence-corrected chi connectivity index (χ4v) is 2.03. The summed E-state index contributed by atoms with van der Waals surface area (Å²) in [6.07, 6.45) is 1.86. The molecule has 0 aliphatic heterocycles. The number of carbonyl (C=O) groups excluding carboxylic acids is 1. The maximum absolute atomic E-state index is 12.1. The molecule has 0 atom stereocenters.